The molecule has 0 N–H and O–H groups in total. The van der Waals surface area contributed by atoms with Crippen molar-refractivity contribution in [3.8, 4) is 17.2 Å². The van der Waals surface area contributed by atoms with E-state index in [0.29, 0.717) is 17.9 Å². The number of carbonyl (C=O) groups is 1. The van der Waals surface area contributed by atoms with Crippen molar-refractivity contribution in [2.75, 3.05) is 41.0 Å². The van der Waals surface area contributed by atoms with Crippen molar-refractivity contribution in [2.24, 2.45) is 0 Å². The van der Waals surface area contributed by atoms with Crippen molar-refractivity contribution < 1.29 is 32.2 Å². The molecule has 0 saturated carbocycles. The van der Waals surface area contributed by atoms with E-state index in [0.717, 1.165) is 37.4 Å². The van der Waals surface area contributed by atoms with E-state index in [4.69, 9.17) is 14.2 Å². The van der Waals surface area contributed by atoms with Crippen LogP contribution in [0.25, 0.3) is 0 Å². The number of nitrogens with zero attached hydrogens (tertiary/aromatic N) is 1. The monoisotopic (exact) mass is 543 g/mol. The number of aryl methyl sites for hydroxylation is 1. The smallest absolute Gasteiger partial charge is 0.449 e. The lowest BCUT2D eigenvalue weighted by atomic mass is 9.87. The first-order chi connectivity index (χ1) is 18.7. The number of hydrogen-bond donors (Lipinski definition) is 0. The Kier molecular flexibility index (Phi) is 11.2. The molecule has 0 aliphatic rings. The first-order valence-corrected chi connectivity index (χ1v) is 13.0. The highest BCUT2D eigenvalue weighted by atomic mass is 19.4. The van der Waals surface area contributed by atoms with Gasteiger partial charge >= 0.3 is 6.18 Å². The molecule has 0 spiro atoms. The molecular weight excluding hydrogens is 507 g/mol. The van der Waals surface area contributed by atoms with Crippen LogP contribution in [0, 0.1) is 0 Å². The minimum atomic E-state index is -4.78. The molecule has 0 unspecified atom stereocenters. The third-order valence-corrected chi connectivity index (χ3v) is 6.69. The van der Waals surface area contributed by atoms with Crippen LogP contribution in [0.5, 0.6) is 17.2 Å². The number of methoxy groups -OCH3 is 2. The summed E-state index contributed by atoms with van der Waals surface area (Å²) in [4.78, 5) is 13.3. The highest BCUT2D eigenvalue weighted by molar-refractivity contribution is 5.84. The van der Waals surface area contributed by atoms with Crippen LogP contribution < -0.4 is 14.2 Å². The Morgan fingerprint density at radius 3 is 1.79 bits per heavy atom. The Morgan fingerprint density at radius 2 is 1.31 bits per heavy atom. The average molecular weight is 544 g/mol. The summed E-state index contributed by atoms with van der Waals surface area (Å²) in [5.41, 5.74) is 3.14. The van der Waals surface area contributed by atoms with Gasteiger partial charge in [-0.3, -0.25) is 4.79 Å². The molecule has 0 aromatic heterocycles. The topological polar surface area (TPSA) is 48.0 Å². The van der Waals surface area contributed by atoms with Crippen molar-refractivity contribution in [3.05, 3.63) is 89.5 Å². The number of ketones is 1. The Balaban J connectivity index is 1.45. The summed E-state index contributed by atoms with van der Waals surface area (Å²) in [6.07, 6.45) is -3.31. The van der Waals surface area contributed by atoms with E-state index in [2.05, 4.69) is 36.2 Å². The zero-order chi connectivity index (χ0) is 28.3. The fraction of sp³-hybridized carbons (Fsp3) is 0.387. The number of alkyl halides is 3. The lowest BCUT2D eigenvalue weighted by Gasteiger charge is -2.21. The van der Waals surface area contributed by atoms with Gasteiger partial charge in [0.2, 0.25) is 5.78 Å². The summed E-state index contributed by atoms with van der Waals surface area (Å²) in [5, 5.41) is 0. The van der Waals surface area contributed by atoms with Gasteiger partial charge in [0.25, 0.3) is 0 Å². The lowest BCUT2D eigenvalue weighted by Crippen LogP contribution is -2.25. The van der Waals surface area contributed by atoms with E-state index >= 15 is 0 Å². The summed E-state index contributed by atoms with van der Waals surface area (Å²) in [7, 11) is 5.38. The van der Waals surface area contributed by atoms with Gasteiger partial charge in [-0.25, -0.2) is 0 Å². The van der Waals surface area contributed by atoms with Crippen LogP contribution in [-0.2, 0) is 11.2 Å². The number of likely N-dealkylation sites (N-methyl/N-ethyl adjacent to an activating group) is 1. The molecule has 0 amide bonds. The largest absolute Gasteiger partial charge is 0.497 e. The zero-order valence-electron chi connectivity index (χ0n) is 22.7. The van der Waals surface area contributed by atoms with Gasteiger partial charge in [-0.05, 0) is 85.9 Å². The van der Waals surface area contributed by atoms with Gasteiger partial charge in [0.1, 0.15) is 23.9 Å². The summed E-state index contributed by atoms with van der Waals surface area (Å²) >= 11 is 0. The first kappa shape index (κ1) is 30.0. The highest BCUT2D eigenvalue weighted by Gasteiger charge is 2.37. The zero-order valence-corrected chi connectivity index (χ0v) is 22.7. The second-order valence-corrected chi connectivity index (χ2v) is 9.46. The predicted octanol–water partition coefficient (Wildman–Crippen LogP) is 6.69. The fourth-order valence-corrected chi connectivity index (χ4v) is 4.35. The number of carbonyl (C=O) groups excluding carboxylic acids is 1. The minimum Gasteiger partial charge on any atom is -0.497 e. The minimum absolute atomic E-state index is 0.0510. The third kappa shape index (κ3) is 9.62. The Hall–Kier alpha value is -3.52. The molecule has 0 heterocycles. The van der Waals surface area contributed by atoms with Crippen molar-refractivity contribution in [3.63, 3.8) is 0 Å². The SMILES string of the molecule is COc1ccc(C(CCCN(C)CCOc2ccc(CCC(=O)C(F)(F)F)cc2)c2ccc(OC)cc2)cc1. The van der Waals surface area contributed by atoms with E-state index in [1.807, 2.05) is 24.3 Å². The molecule has 3 aromatic rings. The Labute approximate surface area is 228 Å². The van der Waals surface area contributed by atoms with Crippen LogP contribution in [0.3, 0.4) is 0 Å². The molecule has 3 rings (SSSR count). The lowest BCUT2D eigenvalue weighted by molar-refractivity contribution is -0.171. The van der Waals surface area contributed by atoms with Crippen LogP contribution in [0.2, 0.25) is 0 Å². The molecule has 0 bridgehead atoms. The molecule has 0 fully saturated rings. The fourth-order valence-electron chi connectivity index (χ4n) is 4.35. The molecule has 0 saturated heterocycles. The maximum absolute atomic E-state index is 12.4. The first-order valence-electron chi connectivity index (χ1n) is 13.0. The van der Waals surface area contributed by atoms with Crippen molar-refractivity contribution >= 4 is 5.78 Å². The maximum Gasteiger partial charge on any atom is 0.449 e. The second kappa shape index (κ2) is 14.6. The van der Waals surface area contributed by atoms with Gasteiger partial charge in [0, 0.05) is 18.9 Å². The van der Waals surface area contributed by atoms with Gasteiger partial charge in [-0.1, -0.05) is 36.4 Å². The maximum atomic E-state index is 12.4. The number of halogens is 3. The molecule has 39 heavy (non-hydrogen) atoms. The van der Waals surface area contributed by atoms with Crippen molar-refractivity contribution in [1.82, 2.24) is 4.90 Å². The van der Waals surface area contributed by atoms with Crippen LogP contribution in [0.15, 0.2) is 72.8 Å². The van der Waals surface area contributed by atoms with E-state index in [1.54, 1.807) is 38.5 Å². The van der Waals surface area contributed by atoms with E-state index < -0.39 is 18.4 Å². The predicted molar refractivity (Wildman–Crippen MR) is 146 cm³/mol. The number of Topliss-reactive ketones (excluding diaryl/α,β-unsaturated/α-hetero) is 1. The van der Waals surface area contributed by atoms with Gasteiger partial charge in [-0.15, -0.1) is 0 Å². The third-order valence-electron chi connectivity index (χ3n) is 6.69. The van der Waals surface area contributed by atoms with E-state index in [-0.39, 0.29) is 12.3 Å². The normalized spacial score (nSPS) is 11.6. The number of ether oxygens (including phenoxy) is 3. The number of benzene rings is 3. The van der Waals surface area contributed by atoms with Crippen LogP contribution in [0.4, 0.5) is 13.2 Å². The summed E-state index contributed by atoms with van der Waals surface area (Å²) in [5.74, 6) is 0.853. The Morgan fingerprint density at radius 1 is 0.795 bits per heavy atom. The van der Waals surface area contributed by atoms with Gasteiger partial charge in [0.05, 0.1) is 14.2 Å². The number of rotatable bonds is 15. The molecule has 0 aliphatic heterocycles. The molecule has 0 atom stereocenters. The van der Waals surface area contributed by atoms with Crippen LogP contribution in [0.1, 0.15) is 41.9 Å². The van der Waals surface area contributed by atoms with E-state index in [1.165, 1.54) is 11.1 Å². The molecule has 5 nitrogen and oxygen atoms in total. The average Bonchev–Trinajstić information content (AvgIpc) is 2.94. The number of hydrogen-bond acceptors (Lipinski definition) is 5. The van der Waals surface area contributed by atoms with Crippen LogP contribution >= 0.6 is 0 Å². The molecule has 0 aliphatic carbocycles. The highest BCUT2D eigenvalue weighted by Crippen LogP contribution is 2.31. The standard InChI is InChI=1S/C31H36F3NO4/c1-35(21-22-39-28-13-6-23(7-14-28)8-19-30(36)31(32,33)34)20-4-5-29(24-9-15-26(37-2)16-10-24)25-11-17-27(38-3)18-12-25/h6-7,9-18,29H,4-5,8,19-22H2,1-3H3. The van der Waals surface area contributed by atoms with Crippen LogP contribution in [-0.4, -0.2) is 57.8 Å². The van der Waals surface area contributed by atoms with Gasteiger partial charge in [0.15, 0.2) is 0 Å². The van der Waals surface area contributed by atoms with Gasteiger partial charge in [-0.2, -0.15) is 13.2 Å². The quantitative estimate of drug-likeness (QED) is 0.214. The van der Waals surface area contributed by atoms with Crippen molar-refractivity contribution in [2.45, 2.75) is 37.8 Å². The van der Waals surface area contributed by atoms with Gasteiger partial charge < -0.3 is 19.1 Å². The Bertz CT molecular complexity index is 1100. The summed E-state index contributed by atoms with van der Waals surface area (Å²) in [6, 6.07) is 23.3. The van der Waals surface area contributed by atoms with E-state index in [9.17, 15) is 18.0 Å². The molecule has 3 aromatic carbocycles. The summed E-state index contributed by atoms with van der Waals surface area (Å²) < 4.78 is 53.5. The molecule has 0 radical (unpaired) electrons. The molecule has 8 heteroatoms. The summed E-state index contributed by atoms with van der Waals surface area (Å²) in [6.45, 7) is 2.12. The molecular formula is C31H36F3NO4. The molecule has 210 valence electrons. The second-order valence-electron chi connectivity index (χ2n) is 9.46. The van der Waals surface area contributed by atoms with Crippen molar-refractivity contribution in [1.29, 1.82) is 0 Å².